The van der Waals surface area contributed by atoms with E-state index in [-0.39, 0.29) is 18.9 Å². The highest BCUT2D eigenvalue weighted by Crippen LogP contribution is 2.19. The summed E-state index contributed by atoms with van der Waals surface area (Å²) in [6, 6.07) is 16.3. The number of hydrogen-bond acceptors (Lipinski definition) is 4. The molecule has 3 N–H and O–H groups in total. The number of rotatable bonds is 12. The molecule has 1 amide bonds. The molecular weight excluding hydrogens is 510 g/mol. The summed E-state index contributed by atoms with van der Waals surface area (Å²) >= 11 is 0. The van der Waals surface area contributed by atoms with Crippen LogP contribution in [-0.4, -0.2) is 39.3 Å². The van der Waals surface area contributed by atoms with Gasteiger partial charge in [0.2, 0.25) is 0 Å². The first-order valence-electron chi connectivity index (χ1n) is 13.5. The number of carbonyl (C=O) groups excluding carboxylic acids is 1. The van der Waals surface area contributed by atoms with Crippen molar-refractivity contribution in [2.75, 3.05) is 6.54 Å². The zero-order valence-corrected chi connectivity index (χ0v) is 23.1. The fraction of sp³-hybridized carbons (Fsp3) is 0.312. The number of aromatic nitrogens is 2. The second kappa shape index (κ2) is 13.5. The first-order valence-corrected chi connectivity index (χ1v) is 13.5. The molecular formula is C32H36F2N4O2. The van der Waals surface area contributed by atoms with Crippen LogP contribution >= 0.6 is 0 Å². The van der Waals surface area contributed by atoms with E-state index in [1.165, 1.54) is 17.7 Å². The predicted octanol–water partition coefficient (Wildman–Crippen LogP) is 4.88. The summed E-state index contributed by atoms with van der Waals surface area (Å²) in [4.78, 5) is 17.5. The molecule has 210 valence electrons. The number of aliphatic hydroxyl groups is 1. The largest absolute Gasteiger partial charge is 0.390 e. The molecule has 0 unspecified atom stereocenters. The van der Waals surface area contributed by atoms with Crippen molar-refractivity contribution in [2.24, 2.45) is 0 Å². The van der Waals surface area contributed by atoms with Crippen molar-refractivity contribution in [3.63, 3.8) is 0 Å². The molecule has 0 aliphatic heterocycles. The number of aliphatic hydroxyl groups excluding tert-OH is 1. The number of pyridine rings is 1. The van der Waals surface area contributed by atoms with Gasteiger partial charge in [-0.25, -0.2) is 8.78 Å². The fourth-order valence-electron chi connectivity index (χ4n) is 4.92. The highest BCUT2D eigenvalue weighted by molar-refractivity contribution is 5.96. The van der Waals surface area contributed by atoms with E-state index in [1.54, 1.807) is 12.4 Å². The SMILES string of the molecule is CCc1cccc(CNC[C@H](O)[C@H](Cc2cc(F)cc(F)c2)NC(=O)c2cc(C)n(Cc3ccncc3)c2C)c1. The van der Waals surface area contributed by atoms with E-state index in [4.69, 9.17) is 0 Å². The lowest BCUT2D eigenvalue weighted by molar-refractivity contribution is 0.0829. The van der Waals surface area contributed by atoms with Gasteiger partial charge < -0.3 is 20.3 Å². The number of aryl methyl sites for hydroxylation is 2. The smallest absolute Gasteiger partial charge is 0.253 e. The van der Waals surface area contributed by atoms with E-state index in [1.807, 2.05) is 48.7 Å². The maximum atomic E-state index is 13.9. The lowest BCUT2D eigenvalue weighted by atomic mass is 10.00. The lowest BCUT2D eigenvalue weighted by Crippen LogP contribution is -2.48. The van der Waals surface area contributed by atoms with Crippen LogP contribution in [-0.2, 0) is 25.9 Å². The Morgan fingerprint density at radius 3 is 2.35 bits per heavy atom. The van der Waals surface area contributed by atoms with Crippen molar-refractivity contribution in [3.05, 3.63) is 124 Å². The van der Waals surface area contributed by atoms with Gasteiger partial charge in [0.25, 0.3) is 5.91 Å². The predicted molar refractivity (Wildman–Crippen MR) is 152 cm³/mol. The molecule has 0 aliphatic carbocycles. The summed E-state index contributed by atoms with van der Waals surface area (Å²) in [6.45, 7) is 7.21. The molecule has 2 heterocycles. The summed E-state index contributed by atoms with van der Waals surface area (Å²) in [5, 5.41) is 17.3. The van der Waals surface area contributed by atoms with Crippen LogP contribution in [0, 0.1) is 25.5 Å². The molecule has 0 bridgehead atoms. The molecule has 0 saturated carbocycles. The summed E-state index contributed by atoms with van der Waals surface area (Å²) in [5.41, 5.74) is 5.89. The lowest BCUT2D eigenvalue weighted by Gasteiger charge is -2.25. The Kier molecular flexibility index (Phi) is 9.79. The second-order valence-electron chi connectivity index (χ2n) is 10.2. The van der Waals surface area contributed by atoms with Gasteiger partial charge in [-0.1, -0.05) is 31.2 Å². The Hall–Kier alpha value is -3.88. The second-order valence-corrected chi connectivity index (χ2v) is 10.2. The van der Waals surface area contributed by atoms with Gasteiger partial charge in [-0.05, 0) is 79.3 Å². The highest BCUT2D eigenvalue weighted by atomic mass is 19.1. The number of amides is 1. The highest BCUT2D eigenvalue weighted by Gasteiger charge is 2.25. The molecule has 0 spiro atoms. The molecule has 0 saturated heterocycles. The Morgan fingerprint density at radius 1 is 0.950 bits per heavy atom. The van der Waals surface area contributed by atoms with Gasteiger partial charge in [0.15, 0.2) is 0 Å². The number of hydrogen-bond donors (Lipinski definition) is 3. The van der Waals surface area contributed by atoms with E-state index in [0.29, 0.717) is 24.2 Å². The van der Waals surface area contributed by atoms with Crippen LogP contribution < -0.4 is 10.6 Å². The van der Waals surface area contributed by atoms with Gasteiger partial charge in [-0.15, -0.1) is 0 Å². The fourth-order valence-corrected chi connectivity index (χ4v) is 4.92. The molecule has 0 radical (unpaired) electrons. The molecule has 6 nitrogen and oxygen atoms in total. The van der Waals surface area contributed by atoms with Gasteiger partial charge in [0.1, 0.15) is 11.6 Å². The van der Waals surface area contributed by atoms with Crippen molar-refractivity contribution in [3.8, 4) is 0 Å². The van der Waals surface area contributed by atoms with Gasteiger partial charge in [0.05, 0.1) is 17.7 Å². The van der Waals surface area contributed by atoms with Crippen molar-refractivity contribution in [2.45, 2.75) is 58.8 Å². The molecule has 8 heteroatoms. The van der Waals surface area contributed by atoms with Crippen LogP contribution in [0.1, 0.15) is 50.9 Å². The first-order chi connectivity index (χ1) is 19.2. The van der Waals surface area contributed by atoms with Crippen LogP contribution in [0.3, 0.4) is 0 Å². The van der Waals surface area contributed by atoms with Crippen molar-refractivity contribution >= 4 is 5.91 Å². The number of benzene rings is 2. The maximum Gasteiger partial charge on any atom is 0.253 e. The normalized spacial score (nSPS) is 12.8. The number of nitrogens with one attached hydrogen (secondary N) is 2. The Balaban J connectivity index is 1.50. The first kappa shape index (κ1) is 29.1. The van der Waals surface area contributed by atoms with E-state index < -0.39 is 23.8 Å². The van der Waals surface area contributed by atoms with Crippen molar-refractivity contribution in [1.82, 2.24) is 20.2 Å². The van der Waals surface area contributed by atoms with Gasteiger partial charge in [-0.3, -0.25) is 9.78 Å². The topological polar surface area (TPSA) is 79.2 Å². The van der Waals surface area contributed by atoms with Gasteiger partial charge in [-0.2, -0.15) is 0 Å². The van der Waals surface area contributed by atoms with E-state index in [0.717, 1.165) is 35.0 Å². The zero-order chi connectivity index (χ0) is 28.6. The molecule has 4 rings (SSSR count). The standard InChI is InChI=1S/C32H36F2N4O2/c1-4-23-6-5-7-25(13-23)18-36-19-31(39)30(16-26-14-27(33)17-28(34)15-26)37-32(40)29-12-21(2)38(22(29)3)20-24-8-10-35-11-9-24/h5-15,17,30-31,36,39H,4,16,18-20H2,1-3H3,(H,37,40)/t30-,31-/m0/s1. The van der Waals surface area contributed by atoms with Crippen LogP contribution in [0.15, 0.2) is 73.1 Å². The summed E-state index contributed by atoms with van der Waals surface area (Å²) in [5.74, 6) is -1.77. The average molecular weight is 547 g/mol. The third kappa shape index (κ3) is 7.61. The maximum absolute atomic E-state index is 13.9. The van der Waals surface area contributed by atoms with Crippen molar-refractivity contribution < 1.29 is 18.7 Å². The number of halogens is 2. The van der Waals surface area contributed by atoms with Crippen LogP contribution in [0.4, 0.5) is 8.78 Å². The minimum absolute atomic E-state index is 0.0599. The number of nitrogens with zero attached hydrogens (tertiary/aromatic N) is 2. The van der Waals surface area contributed by atoms with Crippen LogP contribution in [0.2, 0.25) is 0 Å². The van der Waals surface area contributed by atoms with Gasteiger partial charge in [0, 0.05) is 49.5 Å². The van der Waals surface area contributed by atoms with E-state index in [9.17, 15) is 18.7 Å². The monoisotopic (exact) mass is 546 g/mol. The van der Waals surface area contributed by atoms with Gasteiger partial charge >= 0.3 is 0 Å². The Bertz CT molecular complexity index is 1420. The molecule has 0 fully saturated rings. The Labute approximate surface area is 234 Å². The van der Waals surface area contributed by atoms with Crippen LogP contribution in [0.5, 0.6) is 0 Å². The van der Waals surface area contributed by atoms with E-state index in [2.05, 4.69) is 34.7 Å². The molecule has 40 heavy (non-hydrogen) atoms. The molecule has 2 atom stereocenters. The minimum Gasteiger partial charge on any atom is -0.390 e. The number of carbonyl (C=O) groups is 1. The molecule has 2 aromatic heterocycles. The van der Waals surface area contributed by atoms with E-state index >= 15 is 0 Å². The summed E-state index contributed by atoms with van der Waals surface area (Å²) < 4.78 is 29.9. The van der Waals surface area contributed by atoms with Crippen LogP contribution in [0.25, 0.3) is 0 Å². The molecule has 0 aliphatic rings. The third-order valence-electron chi connectivity index (χ3n) is 7.15. The third-order valence-corrected chi connectivity index (χ3v) is 7.15. The Morgan fingerprint density at radius 2 is 1.65 bits per heavy atom. The quantitative estimate of drug-likeness (QED) is 0.237. The summed E-state index contributed by atoms with van der Waals surface area (Å²) in [7, 11) is 0. The van der Waals surface area contributed by atoms with Crippen molar-refractivity contribution in [1.29, 1.82) is 0 Å². The average Bonchev–Trinajstić information content (AvgIpc) is 3.21. The minimum atomic E-state index is -1.01. The molecule has 4 aromatic rings. The zero-order valence-electron chi connectivity index (χ0n) is 23.1. The molecule has 2 aromatic carbocycles. The summed E-state index contributed by atoms with van der Waals surface area (Å²) in [6.07, 6.45) is 3.44.